The SMILES string of the molecule is COc1ccc(-c2nc(SC(C)CN(C)C)n(C)c2-c2ccc(OC)cc2)cc1. The molecule has 0 radical (unpaired) electrons. The first-order valence-corrected chi connectivity index (χ1v) is 10.5. The van der Waals surface area contributed by atoms with Gasteiger partial charge >= 0.3 is 0 Å². The van der Waals surface area contributed by atoms with Crippen LogP contribution in [0.2, 0.25) is 0 Å². The molecule has 1 atom stereocenters. The lowest BCUT2D eigenvalue weighted by atomic mass is 10.0. The monoisotopic (exact) mass is 411 g/mol. The molecule has 154 valence electrons. The minimum atomic E-state index is 0.429. The first-order valence-electron chi connectivity index (χ1n) is 9.60. The van der Waals surface area contributed by atoms with E-state index in [2.05, 4.69) is 61.8 Å². The molecule has 0 aliphatic carbocycles. The normalized spacial score (nSPS) is 12.2. The van der Waals surface area contributed by atoms with E-state index >= 15 is 0 Å². The average molecular weight is 412 g/mol. The average Bonchev–Trinajstić information content (AvgIpc) is 3.03. The number of rotatable bonds is 8. The Morgan fingerprint density at radius 1 is 0.931 bits per heavy atom. The van der Waals surface area contributed by atoms with Crippen LogP contribution >= 0.6 is 11.8 Å². The van der Waals surface area contributed by atoms with Crippen molar-refractivity contribution in [1.82, 2.24) is 14.5 Å². The zero-order chi connectivity index (χ0) is 21.0. The van der Waals surface area contributed by atoms with Crippen molar-refractivity contribution in [2.45, 2.75) is 17.3 Å². The van der Waals surface area contributed by atoms with E-state index in [-0.39, 0.29) is 0 Å². The Labute approximate surface area is 177 Å². The predicted molar refractivity (Wildman–Crippen MR) is 121 cm³/mol. The second-order valence-electron chi connectivity index (χ2n) is 7.30. The van der Waals surface area contributed by atoms with Gasteiger partial charge in [0.2, 0.25) is 0 Å². The minimum Gasteiger partial charge on any atom is -0.497 e. The number of nitrogens with zero attached hydrogens (tertiary/aromatic N) is 3. The van der Waals surface area contributed by atoms with Crippen LogP contribution in [0.25, 0.3) is 22.5 Å². The van der Waals surface area contributed by atoms with Crippen molar-refractivity contribution in [3.63, 3.8) is 0 Å². The molecule has 1 unspecified atom stereocenters. The first-order chi connectivity index (χ1) is 13.9. The van der Waals surface area contributed by atoms with Crippen LogP contribution in [0.15, 0.2) is 53.7 Å². The van der Waals surface area contributed by atoms with Crippen LogP contribution in [0.5, 0.6) is 11.5 Å². The molecule has 1 heterocycles. The summed E-state index contributed by atoms with van der Waals surface area (Å²) in [5.41, 5.74) is 4.25. The number of methoxy groups -OCH3 is 2. The van der Waals surface area contributed by atoms with Crippen LogP contribution in [-0.4, -0.2) is 54.6 Å². The van der Waals surface area contributed by atoms with Crippen molar-refractivity contribution in [2.75, 3.05) is 34.9 Å². The smallest absolute Gasteiger partial charge is 0.169 e. The van der Waals surface area contributed by atoms with Crippen LogP contribution in [0.1, 0.15) is 6.92 Å². The highest BCUT2D eigenvalue weighted by Crippen LogP contribution is 2.37. The van der Waals surface area contributed by atoms with E-state index in [4.69, 9.17) is 14.5 Å². The Balaban J connectivity index is 2.06. The fourth-order valence-electron chi connectivity index (χ4n) is 3.34. The molecule has 0 amide bonds. The maximum Gasteiger partial charge on any atom is 0.169 e. The second-order valence-corrected chi connectivity index (χ2v) is 8.70. The third kappa shape index (κ3) is 4.95. The van der Waals surface area contributed by atoms with Gasteiger partial charge in [-0.15, -0.1) is 0 Å². The van der Waals surface area contributed by atoms with E-state index in [0.717, 1.165) is 45.7 Å². The van der Waals surface area contributed by atoms with Crippen LogP contribution in [0.3, 0.4) is 0 Å². The molecule has 0 aliphatic heterocycles. The summed E-state index contributed by atoms with van der Waals surface area (Å²) < 4.78 is 12.8. The lowest BCUT2D eigenvalue weighted by Gasteiger charge is -2.16. The number of ether oxygens (including phenoxy) is 2. The van der Waals surface area contributed by atoms with Gasteiger partial charge in [-0.05, 0) is 62.6 Å². The summed E-state index contributed by atoms with van der Waals surface area (Å²) in [6.07, 6.45) is 0. The van der Waals surface area contributed by atoms with E-state index in [1.165, 1.54) is 0 Å². The number of aromatic nitrogens is 2. The Morgan fingerprint density at radius 3 is 1.93 bits per heavy atom. The van der Waals surface area contributed by atoms with Crippen molar-refractivity contribution in [3.8, 4) is 34.0 Å². The van der Waals surface area contributed by atoms with Gasteiger partial charge in [-0.25, -0.2) is 4.98 Å². The fourth-order valence-corrected chi connectivity index (χ4v) is 4.47. The summed E-state index contributed by atoms with van der Waals surface area (Å²) in [4.78, 5) is 7.24. The van der Waals surface area contributed by atoms with Crippen LogP contribution in [0, 0.1) is 0 Å². The predicted octanol–water partition coefficient (Wildman–Crippen LogP) is 4.81. The molecule has 0 bridgehead atoms. The largest absolute Gasteiger partial charge is 0.497 e. The lowest BCUT2D eigenvalue weighted by molar-refractivity contribution is 0.413. The second kappa shape index (κ2) is 9.37. The summed E-state index contributed by atoms with van der Waals surface area (Å²) in [7, 11) is 9.65. The molecule has 0 saturated heterocycles. The molecule has 0 fully saturated rings. The molecule has 29 heavy (non-hydrogen) atoms. The zero-order valence-corrected chi connectivity index (χ0v) is 18.8. The van der Waals surface area contributed by atoms with Crippen LogP contribution < -0.4 is 9.47 Å². The van der Waals surface area contributed by atoms with Gasteiger partial charge in [0.1, 0.15) is 11.5 Å². The van der Waals surface area contributed by atoms with Crippen molar-refractivity contribution in [2.24, 2.45) is 7.05 Å². The van der Waals surface area contributed by atoms with Gasteiger partial charge in [0, 0.05) is 30.0 Å². The van der Waals surface area contributed by atoms with Crippen molar-refractivity contribution in [1.29, 1.82) is 0 Å². The van der Waals surface area contributed by atoms with E-state index in [9.17, 15) is 0 Å². The van der Waals surface area contributed by atoms with Gasteiger partial charge in [0.15, 0.2) is 5.16 Å². The quantitative estimate of drug-likeness (QED) is 0.497. The van der Waals surface area contributed by atoms with E-state index in [1.807, 2.05) is 24.3 Å². The van der Waals surface area contributed by atoms with E-state index < -0.39 is 0 Å². The van der Waals surface area contributed by atoms with Gasteiger partial charge in [-0.1, -0.05) is 18.7 Å². The first kappa shape index (κ1) is 21.3. The summed E-state index contributed by atoms with van der Waals surface area (Å²) >= 11 is 1.80. The van der Waals surface area contributed by atoms with Crippen molar-refractivity contribution >= 4 is 11.8 Å². The van der Waals surface area contributed by atoms with Gasteiger partial charge in [-0.2, -0.15) is 0 Å². The lowest BCUT2D eigenvalue weighted by Crippen LogP contribution is -2.21. The standard InChI is InChI=1S/C23H29N3O2S/c1-16(15-25(2)3)29-23-24-21(17-7-11-19(27-5)12-8-17)22(26(23)4)18-9-13-20(28-6)14-10-18/h7-14,16H,15H2,1-6H3. The Bertz CT molecular complexity index is 934. The fraction of sp³-hybridized carbons (Fsp3) is 0.348. The van der Waals surface area contributed by atoms with E-state index in [0.29, 0.717) is 5.25 Å². The topological polar surface area (TPSA) is 39.5 Å². The summed E-state index contributed by atoms with van der Waals surface area (Å²) in [5, 5.41) is 1.44. The number of thioether (sulfide) groups is 1. The molecule has 0 spiro atoms. The number of benzene rings is 2. The molecule has 5 nitrogen and oxygen atoms in total. The molecule has 0 N–H and O–H groups in total. The molecule has 0 saturated carbocycles. The molecule has 1 aromatic heterocycles. The summed E-state index contributed by atoms with van der Waals surface area (Å²) in [6.45, 7) is 3.23. The third-order valence-corrected chi connectivity index (χ3v) is 5.84. The van der Waals surface area contributed by atoms with Crippen molar-refractivity contribution in [3.05, 3.63) is 48.5 Å². The number of hydrogen-bond donors (Lipinski definition) is 0. The molecule has 6 heteroatoms. The van der Waals surface area contributed by atoms with Gasteiger partial charge < -0.3 is 18.9 Å². The summed E-state index contributed by atoms with van der Waals surface area (Å²) in [6, 6.07) is 16.2. The van der Waals surface area contributed by atoms with Crippen molar-refractivity contribution < 1.29 is 9.47 Å². The molecule has 3 aromatic rings. The third-order valence-electron chi connectivity index (χ3n) is 4.71. The molecule has 3 rings (SSSR count). The maximum atomic E-state index is 5.33. The Hall–Kier alpha value is -2.44. The molecular weight excluding hydrogens is 382 g/mol. The molecular formula is C23H29N3O2S. The highest BCUT2D eigenvalue weighted by Gasteiger charge is 2.20. The highest BCUT2D eigenvalue weighted by atomic mass is 32.2. The Morgan fingerprint density at radius 2 is 1.45 bits per heavy atom. The van der Waals surface area contributed by atoms with Crippen LogP contribution in [-0.2, 0) is 7.05 Å². The minimum absolute atomic E-state index is 0.429. The van der Waals surface area contributed by atoms with Gasteiger partial charge in [-0.3, -0.25) is 0 Å². The highest BCUT2D eigenvalue weighted by molar-refractivity contribution is 7.99. The van der Waals surface area contributed by atoms with E-state index in [1.54, 1.807) is 26.0 Å². The van der Waals surface area contributed by atoms with Gasteiger partial charge in [0.05, 0.1) is 25.6 Å². The summed E-state index contributed by atoms with van der Waals surface area (Å²) in [5.74, 6) is 1.68. The van der Waals surface area contributed by atoms with Gasteiger partial charge in [0.25, 0.3) is 0 Å². The molecule has 0 aliphatic rings. The number of hydrogen-bond acceptors (Lipinski definition) is 5. The Kier molecular flexibility index (Phi) is 6.87. The van der Waals surface area contributed by atoms with Crippen LogP contribution in [0.4, 0.5) is 0 Å². The number of imidazole rings is 1. The zero-order valence-electron chi connectivity index (χ0n) is 18.0. The molecule has 2 aromatic carbocycles. The maximum absolute atomic E-state index is 5.33.